The maximum atomic E-state index is 11.2. The van der Waals surface area contributed by atoms with Gasteiger partial charge in [-0.25, -0.2) is 4.79 Å². The van der Waals surface area contributed by atoms with E-state index in [1.54, 1.807) is 0 Å². The highest BCUT2D eigenvalue weighted by molar-refractivity contribution is 5.67. The molecule has 0 radical (unpaired) electrons. The Kier molecular flexibility index (Phi) is 6.32. The molecule has 0 fully saturated rings. The normalized spacial score (nSPS) is 11.6. The van der Waals surface area contributed by atoms with Gasteiger partial charge in [-0.3, -0.25) is 0 Å². The van der Waals surface area contributed by atoms with E-state index in [0.29, 0.717) is 6.54 Å². The summed E-state index contributed by atoms with van der Waals surface area (Å²) in [6, 6.07) is 0. The van der Waals surface area contributed by atoms with Crippen molar-refractivity contribution in [3.63, 3.8) is 0 Å². The minimum Gasteiger partial charge on any atom is -0.444 e. The monoisotopic (exact) mass is 216 g/mol. The number of likely N-dealkylation sites (N-methyl/N-ethyl adjacent to an activating group) is 1. The van der Waals surface area contributed by atoms with Crippen LogP contribution in [0.3, 0.4) is 0 Å². The zero-order valence-electron chi connectivity index (χ0n) is 10.6. The van der Waals surface area contributed by atoms with Crippen LogP contribution in [0.2, 0.25) is 0 Å². The Morgan fingerprint density at radius 1 is 1.33 bits per heavy atom. The second kappa shape index (κ2) is 6.67. The summed E-state index contributed by atoms with van der Waals surface area (Å²) in [6.07, 6.45) is 0.788. The molecule has 4 heteroatoms. The minimum absolute atomic E-state index is 0.340. The number of carbonyl (C=O) groups is 1. The van der Waals surface area contributed by atoms with Gasteiger partial charge in [0.25, 0.3) is 0 Å². The number of hydrogen-bond donors (Lipinski definition) is 1. The summed E-state index contributed by atoms with van der Waals surface area (Å²) in [5.74, 6) is 0. The third kappa shape index (κ3) is 9.53. The van der Waals surface area contributed by atoms with Crippen LogP contribution < -0.4 is 5.32 Å². The van der Waals surface area contributed by atoms with Crippen LogP contribution in [0.15, 0.2) is 0 Å². The van der Waals surface area contributed by atoms with E-state index in [0.717, 1.165) is 19.5 Å². The first-order valence-corrected chi connectivity index (χ1v) is 5.50. The van der Waals surface area contributed by atoms with Crippen molar-refractivity contribution in [1.29, 1.82) is 0 Å². The van der Waals surface area contributed by atoms with E-state index >= 15 is 0 Å². The molecule has 15 heavy (non-hydrogen) atoms. The molecule has 1 N–H and O–H groups in total. The molecule has 0 unspecified atom stereocenters. The van der Waals surface area contributed by atoms with Gasteiger partial charge >= 0.3 is 6.09 Å². The number of rotatable bonds is 5. The highest BCUT2D eigenvalue weighted by Crippen LogP contribution is 2.05. The second-order valence-corrected chi connectivity index (χ2v) is 4.73. The van der Waals surface area contributed by atoms with Crippen molar-refractivity contribution in [2.45, 2.75) is 39.7 Å². The van der Waals surface area contributed by atoms with Crippen molar-refractivity contribution in [1.82, 2.24) is 10.2 Å². The summed E-state index contributed by atoms with van der Waals surface area (Å²) >= 11 is 0. The number of amides is 1. The van der Waals surface area contributed by atoms with Gasteiger partial charge < -0.3 is 15.0 Å². The first kappa shape index (κ1) is 14.2. The third-order valence-corrected chi connectivity index (χ3v) is 1.77. The van der Waals surface area contributed by atoms with Crippen molar-refractivity contribution in [3.8, 4) is 0 Å². The average Bonchev–Trinajstić information content (AvgIpc) is 2.00. The Bertz CT molecular complexity index is 188. The van der Waals surface area contributed by atoms with Crippen LogP contribution in [0.5, 0.6) is 0 Å². The van der Waals surface area contributed by atoms with Gasteiger partial charge in [-0.2, -0.15) is 0 Å². The Morgan fingerprint density at radius 3 is 2.40 bits per heavy atom. The van der Waals surface area contributed by atoms with Gasteiger partial charge in [-0.05, 0) is 40.8 Å². The van der Waals surface area contributed by atoms with Gasteiger partial charge in [-0.1, -0.05) is 6.92 Å². The highest BCUT2D eigenvalue weighted by Gasteiger charge is 2.15. The van der Waals surface area contributed by atoms with E-state index in [1.807, 2.05) is 27.8 Å². The molecule has 0 aromatic carbocycles. The van der Waals surface area contributed by atoms with Gasteiger partial charge in [0.2, 0.25) is 0 Å². The molecule has 0 aromatic rings. The molecular weight excluding hydrogens is 192 g/mol. The van der Waals surface area contributed by atoms with E-state index in [-0.39, 0.29) is 6.09 Å². The number of nitrogens with zero attached hydrogens (tertiary/aromatic N) is 1. The van der Waals surface area contributed by atoms with Crippen LogP contribution in [0.4, 0.5) is 4.79 Å². The van der Waals surface area contributed by atoms with Crippen LogP contribution in [0.25, 0.3) is 0 Å². The SMILES string of the molecule is CCCN(C)CCNC(=O)OC(C)(C)C. The van der Waals surface area contributed by atoms with Crippen molar-refractivity contribution in [3.05, 3.63) is 0 Å². The van der Waals surface area contributed by atoms with Crippen molar-refractivity contribution in [2.75, 3.05) is 26.7 Å². The van der Waals surface area contributed by atoms with Crippen molar-refractivity contribution in [2.24, 2.45) is 0 Å². The molecule has 0 heterocycles. The predicted molar refractivity (Wildman–Crippen MR) is 62.0 cm³/mol. The molecule has 0 aliphatic heterocycles. The smallest absolute Gasteiger partial charge is 0.407 e. The van der Waals surface area contributed by atoms with Gasteiger partial charge in [-0.15, -0.1) is 0 Å². The lowest BCUT2D eigenvalue weighted by Gasteiger charge is -2.20. The fraction of sp³-hybridized carbons (Fsp3) is 0.909. The van der Waals surface area contributed by atoms with Gasteiger partial charge in [0.15, 0.2) is 0 Å². The highest BCUT2D eigenvalue weighted by atomic mass is 16.6. The molecule has 0 rings (SSSR count). The number of alkyl carbamates (subject to hydrolysis) is 1. The van der Waals surface area contributed by atoms with Crippen LogP contribution in [0.1, 0.15) is 34.1 Å². The first-order valence-electron chi connectivity index (χ1n) is 5.50. The van der Waals surface area contributed by atoms with E-state index in [2.05, 4.69) is 17.1 Å². The maximum absolute atomic E-state index is 11.2. The fourth-order valence-corrected chi connectivity index (χ4v) is 1.16. The van der Waals surface area contributed by atoms with E-state index < -0.39 is 5.60 Å². The summed E-state index contributed by atoms with van der Waals surface area (Å²) in [7, 11) is 2.04. The Hall–Kier alpha value is -0.770. The topological polar surface area (TPSA) is 41.6 Å². The molecule has 4 nitrogen and oxygen atoms in total. The molecule has 0 bridgehead atoms. The summed E-state index contributed by atoms with van der Waals surface area (Å²) < 4.78 is 5.11. The molecule has 1 amide bonds. The van der Waals surface area contributed by atoms with Crippen molar-refractivity contribution >= 4 is 6.09 Å². The molecule has 0 saturated heterocycles. The second-order valence-electron chi connectivity index (χ2n) is 4.73. The molecule has 0 saturated carbocycles. The fourth-order valence-electron chi connectivity index (χ4n) is 1.16. The number of hydrogen-bond acceptors (Lipinski definition) is 3. The first-order chi connectivity index (χ1) is 6.85. The molecular formula is C11H24N2O2. The third-order valence-electron chi connectivity index (χ3n) is 1.77. The van der Waals surface area contributed by atoms with E-state index in [4.69, 9.17) is 4.74 Å². The molecule has 0 spiro atoms. The zero-order valence-corrected chi connectivity index (χ0v) is 10.6. The van der Waals surface area contributed by atoms with Crippen LogP contribution >= 0.6 is 0 Å². The molecule has 0 aromatic heterocycles. The summed E-state index contributed by atoms with van der Waals surface area (Å²) in [5, 5.41) is 2.73. The lowest BCUT2D eigenvalue weighted by Crippen LogP contribution is -2.37. The Morgan fingerprint density at radius 2 is 1.93 bits per heavy atom. The quantitative estimate of drug-likeness (QED) is 0.762. The lowest BCUT2D eigenvalue weighted by molar-refractivity contribution is 0.0523. The van der Waals surface area contributed by atoms with E-state index in [1.165, 1.54) is 0 Å². The standard InChI is InChI=1S/C11H24N2O2/c1-6-8-13(5)9-7-12-10(14)15-11(2,3)4/h6-9H2,1-5H3,(H,12,14). The van der Waals surface area contributed by atoms with Crippen LogP contribution in [0, 0.1) is 0 Å². The number of nitrogens with one attached hydrogen (secondary N) is 1. The zero-order chi connectivity index (χ0) is 11.9. The predicted octanol–water partition coefficient (Wildman–Crippen LogP) is 1.85. The molecule has 0 aliphatic rings. The van der Waals surface area contributed by atoms with Crippen LogP contribution in [-0.4, -0.2) is 43.3 Å². The molecule has 90 valence electrons. The summed E-state index contributed by atoms with van der Waals surface area (Å²) in [4.78, 5) is 13.4. The number of carbonyl (C=O) groups excluding carboxylic acids is 1. The lowest BCUT2D eigenvalue weighted by atomic mass is 10.2. The molecule has 0 atom stereocenters. The van der Waals surface area contributed by atoms with Crippen molar-refractivity contribution < 1.29 is 9.53 Å². The molecule has 0 aliphatic carbocycles. The largest absolute Gasteiger partial charge is 0.444 e. The maximum Gasteiger partial charge on any atom is 0.407 e. The van der Waals surface area contributed by atoms with E-state index in [9.17, 15) is 4.79 Å². The summed E-state index contributed by atoms with van der Waals surface area (Å²) in [6.45, 7) is 10.2. The van der Waals surface area contributed by atoms with Gasteiger partial charge in [0.05, 0.1) is 0 Å². The average molecular weight is 216 g/mol. The minimum atomic E-state index is -0.417. The van der Waals surface area contributed by atoms with Crippen LogP contribution in [-0.2, 0) is 4.74 Å². The Balaban J connectivity index is 3.55. The summed E-state index contributed by atoms with van der Waals surface area (Å²) in [5.41, 5.74) is -0.417. The van der Waals surface area contributed by atoms with Gasteiger partial charge in [0, 0.05) is 13.1 Å². The van der Waals surface area contributed by atoms with Gasteiger partial charge in [0.1, 0.15) is 5.60 Å². The number of ether oxygens (including phenoxy) is 1. The Labute approximate surface area is 93.0 Å².